The minimum absolute atomic E-state index is 0.0602. The van der Waals surface area contributed by atoms with Crippen LogP contribution in [0, 0.1) is 25.2 Å². The van der Waals surface area contributed by atoms with Crippen LogP contribution in [0.3, 0.4) is 0 Å². The van der Waals surface area contributed by atoms with Crippen molar-refractivity contribution < 1.29 is 4.52 Å². The van der Waals surface area contributed by atoms with Gasteiger partial charge in [0.15, 0.2) is 5.82 Å². The minimum atomic E-state index is -0.0602. The molecule has 2 aromatic rings. The molecule has 1 atom stereocenters. The predicted molar refractivity (Wildman–Crippen MR) is 71.4 cm³/mol. The highest BCUT2D eigenvalue weighted by Gasteiger charge is 2.18. The molecule has 2 heterocycles. The average Bonchev–Trinajstić information content (AvgIpc) is 2.71. The molecule has 0 aromatic carbocycles. The number of nitrogens with two attached hydrogens (primary N) is 1. The van der Waals surface area contributed by atoms with E-state index < -0.39 is 0 Å². The first kappa shape index (κ1) is 12.9. The number of aryl methyl sites for hydroxylation is 2. The molecule has 0 bridgehead atoms. The summed E-state index contributed by atoms with van der Waals surface area (Å²) >= 11 is 0. The van der Waals surface area contributed by atoms with Gasteiger partial charge in [0.25, 0.3) is 0 Å². The third-order valence-corrected chi connectivity index (χ3v) is 2.99. The van der Waals surface area contributed by atoms with Crippen LogP contribution in [-0.4, -0.2) is 10.1 Å². The van der Waals surface area contributed by atoms with Gasteiger partial charge in [0.1, 0.15) is 11.8 Å². The Bertz CT molecular complexity index is 621. The van der Waals surface area contributed by atoms with E-state index in [0.717, 1.165) is 17.0 Å². The van der Waals surface area contributed by atoms with E-state index in [1.54, 1.807) is 12.3 Å². The lowest BCUT2D eigenvalue weighted by atomic mass is 10.1. The van der Waals surface area contributed by atoms with Crippen molar-refractivity contribution in [2.75, 3.05) is 11.1 Å². The summed E-state index contributed by atoms with van der Waals surface area (Å²) in [6, 6.07) is 3.55. The fourth-order valence-corrected chi connectivity index (χ4v) is 2.07. The molecule has 3 N–H and O–H groups in total. The molecule has 1 unspecified atom stereocenters. The van der Waals surface area contributed by atoms with Crippen molar-refractivity contribution in [3.8, 4) is 6.07 Å². The van der Waals surface area contributed by atoms with Gasteiger partial charge in [-0.2, -0.15) is 5.26 Å². The highest BCUT2D eigenvalue weighted by molar-refractivity contribution is 5.69. The number of nitriles is 1. The van der Waals surface area contributed by atoms with Crippen LogP contribution in [0.1, 0.15) is 35.5 Å². The van der Waals surface area contributed by atoms with Gasteiger partial charge in [-0.05, 0) is 26.8 Å². The summed E-state index contributed by atoms with van der Waals surface area (Å²) in [7, 11) is 0. The summed E-state index contributed by atoms with van der Waals surface area (Å²) in [5.41, 5.74) is 8.44. The maximum Gasteiger partial charge on any atom is 0.151 e. The molecule has 0 saturated carbocycles. The van der Waals surface area contributed by atoms with Crippen molar-refractivity contribution >= 4 is 11.5 Å². The second-order valence-electron chi connectivity index (χ2n) is 4.34. The van der Waals surface area contributed by atoms with Crippen molar-refractivity contribution in [1.29, 1.82) is 5.26 Å². The van der Waals surface area contributed by atoms with E-state index in [1.807, 2.05) is 26.8 Å². The van der Waals surface area contributed by atoms with Gasteiger partial charge in [0, 0.05) is 11.8 Å². The van der Waals surface area contributed by atoms with Crippen LogP contribution >= 0.6 is 0 Å². The van der Waals surface area contributed by atoms with Crippen LogP contribution in [0.25, 0.3) is 0 Å². The maximum absolute atomic E-state index is 8.94. The number of rotatable bonds is 3. The molecule has 0 fully saturated rings. The molecule has 0 aliphatic rings. The van der Waals surface area contributed by atoms with E-state index in [4.69, 9.17) is 15.5 Å². The highest BCUT2D eigenvalue weighted by Crippen LogP contribution is 2.27. The molecule has 6 heteroatoms. The maximum atomic E-state index is 8.94. The Hall–Kier alpha value is -2.55. The Morgan fingerprint density at radius 3 is 2.79 bits per heavy atom. The third kappa shape index (κ3) is 2.36. The Kier molecular flexibility index (Phi) is 3.38. The zero-order chi connectivity index (χ0) is 14.0. The van der Waals surface area contributed by atoms with E-state index >= 15 is 0 Å². The zero-order valence-corrected chi connectivity index (χ0v) is 11.1. The second kappa shape index (κ2) is 4.98. The van der Waals surface area contributed by atoms with Gasteiger partial charge >= 0.3 is 0 Å². The number of nitrogen functional groups attached to an aromatic ring is 1. The molecular weight excluding hydrogens is 242 g/mol. The Morgan fingerprint density at radius 1 is 1.47 bits per heavy atom. The fraction of sp³-hybridized carbons (Fsp3) is 0.308. The lowest BCUT2D eigenvalue weighted by Gasteiger charge is -2.16. The largest absolute Gasteiger partial charge is 0.395 e. The molecule has 0 aliphatic heterocycles. The summed E-state index contributed by atoms with van der Waals surface area (Å²) < 4.78 is 5.14. The van der Waals surface area contributed by atoms with Gasteiger partial charge in [0.05, 0.1) is 23.0 Å². The van der Waals surface area contributed by atoms with Gasteiger partial charge in [0.2, 0.25) is 0 Å². The van der Waals surface area contributed by atoms with Gasteiger partial charge < -0.3 is 15.6 Å². The van der Waals surface area contributed by atoms with Gasteiger partial charge in [-0.15, -0.1) is 0 Å². The predicted octanol–water partition coefficient (Wildman–Crippen LogP) is 2.31. The average molecular weight is 257 g/mol. The van der Waals surface area contributed by atoms with Gasteiger partial charge in [-0.3, -0.25) is 0 Å². The molecule has 0 aliphatic carbocycles. The number of nitrogens with one attached hydrogen (secondary N) is 1. The molecule has 0 amide bonds. The third-order valence-electron chi connectivity index (χ3n) is 2.99. The van der Waals surface area contributed by atoms with Crippen molar-refractivity contribution in [2.45, 2.75) is 26.8 Å². The number of hydrogen-bond acceptors (Lipinski definition) is 6. The minimum Gasteiger partial charge on any atom is -0.395 e. The SMILES string of the molecule is Cc1noc(C)c1C(C)Nc1nccc(C#N)c1N. The number of aromatic nitrogens is 2. The molecule has 6 nitrogen and oxygen atoms in total. The van der Waals surface area contributed by atoms with Crippen LogP contribution in [0.4, 0.5) is 11.5 Å². The molecule has 19 heavy (non-hydrogen) atoms. The van der Waals surface area contributed by atoms with Crippen LogP contribution in [-0.2, 0) is 0 Å². The summed E-state index contributed by atoms with van der Waals surface area (Å²) in [5, 5.41) is 16.0. The van der Waals surface area contributed by atoms with E-state index in [-0.39, 0.29) is 6.04 Å². The first-order chi connectivity index (χ1) is 9.04. The van der Waals surface area contributed by atoms with E-state index in [1.165, 1.54) is 0 Å². The summed E-state index contributed by atoms with van der Waals surface area (Å²) in [5.74, 6) is 1.25. The van der Waals surface area contributed by atoms with Crippen molar-refractivity contribution in [3.63, 3.8) is 0 Å². The lowest BCUT2D eigenvalue weighted by molar-refractivity contribution is 0.392. The molecule has 2 aromatic heterocycles. The Labute approximate surface area is 111 Å². The molecule has 0 radical (unpaired) electrons. The monoisotopic (exact) mass is 257 g/mol. The molecule has 0 saturated heterocycles. The van der Waals surface area contributed by atoms with Crippen molar-refractivity contribution in [2.24, 2.45) is 0 Å². The molecule has 2 rings (SSSR count). The summed E-state index contributed by atoms with van der Waals surface area (Å²) in [6.07, 6.45) is 1.55. The lowest BCUT2D eigenvalue weighted by Crippen LogP contribution is -2.11. The number of anilines is 2. The normalized spacial score (nSPS) is 11.9. The smallest absolute Gasteiger partial charge is 0.151 e. The molecular formula is C13H15N5O. The van der Waals surface area contributed by atoms with Gasteiger partial charge in [-0.25, -0.2) is 4.98 Å². The van der Waals surface area contributed by atoms with Crippen LogP contribution in [0.5, 0.6) is 0 Å². The zero-order valence-electron chi connectivity index (χ0n) is 11.1. The van der Waals surface area contributed by atoms with E-state index in [0.29, 0.717) is 17.1 Å². The van der Waals surface area contributed by atoms with E-state index in [9.17, 15) is 0 Å². The first-order valence-corrected chi connectivity index (χ1v) is 5.88. The van der Waals surface area contributed by atoms with Crippen molar-refractivity contribution in [1.82, 2.24) is 10.1 Å². The van der Waals surface area contributed by atoms with Crippen LogP contribution in [0.15, 0.2) is 16.8 Å². The van der Waals surface area contributed by atoms with Crippen molar-refractivity contribution in [3.05, 3.63) is 34.8 Å². The number of nitrogens with zero attached hydrogens (tertiary/aromatic N) is 3. The van der Waals surface area contributed by atoms with Crippen LogP contribution < -0.4 is 11.1 Å². The summed E-state index contributed by atoms with van der Waals surface area (Å²) in [4.78, 5) is 4.16. The highest BCUT2D eigenvalue weighted by atomic mass is 16.5. The topological polar surface area (TPSA) is 101 Å². The standard InChI is InChI=1S/C13H15N5O/c1-7(11-8(2)18-19-9(11)3)17-13-12(15)10(6-14)4-5-16-13/h4-5,7H,15H2,1-3H3,(H,16,17). The molecule has 98 valence electrons. The first-order valence-electron chi connectivity index (χ1n) is 5.88. The molecule has 0 spiro atoms. The van der Waals surface area contributed by atoms with E-state index in [2.05, 4.69) is 15.5 Å². The van der Waals surface area contributed by atoms with Gasteiger partial charge in [-0.1, -0.05) is 5.16 Å². The number of hydrogen-bond donors (Lipinski definition) is 2. The Balaban J connectivity index is 2.30. The second-order valence-corrected chi connectivity index (χ2v) is 4.34. The summed E-state index contributed by atoms with van der Waals surface area (Å²) in [6.45, 7) is 5.70. The fourth-order valence-electron chi connectivity index (χ4n) is 2.07. The quantitative estimate of drug-likeness (QED) is 0.875. The Morgan fingerprint density at radius 2 is 2.21 bits per heavy atom. The van der Waals surface area contributed by atoms with Crippen LogP contribution in [0.2, 0.25) is 0 Å². The number of pyridine rings is 1.